The van der Waals surface area contributed by atoms with Crippen molar-refractivity contribution in [1.82, 2.24) is 9.78 Å². The molecule has 4 rings (SSSR count). The van der Waals surface area contributed by atoms with Crippen molar-refractivity contribution in [2.45, 2.75) is 10.6 Å². The first kappa shape index (κ1) is 15.5. The molecule has 0 spiro atoms. The molecule has 2 heterocycles. The lowest BCUT2D eigenvalue weighted by Crippen LogP contribution is -2.12. The van der Waals surface area contributed by atoms with Crippen LogP contribution in [-0.2, 0) is 5.75 Å². The first-order valence-corrected chi connectivity index (χ1v) is 8.52. The van der Waals surface area contributed by atoms with Crippen LogP contribution in [0.1, 0.15) is 26.4 Å². The molecule has 3 N–H and O–H groups in total. The Kier molecular flexibility index (Phi) is 3.58. The molecule has 0 fully saturated rings. The molecule has 0 atom stereocenters. The number of carbonyl (C=O) groups excluding carboxylic acids is 1. The van der Waals surface area contributed by atoms with Crippen LogP contribution in [0.3, 0.4) is 0 Å². The van der Waals surface area contributed by atoms with E-state index in [-0.39, 0.29) is 5.69 Å². The first-order valence-electron chi connectivity index (χ1n) is 7.54. The molecule has 0 bridgehead atoms. The number of thioether (sulfide) groups is 1. The van der Waals surface area contributed by atoms with E-state index in [1.807, 2.05) is 24.3 Å². The van der Waals surface area contributed by atoms with Gasteiger partial charge in [0.15, 0.2) is 5.69 Å². The monoisotopic (exact) mass is 351 g/mol. The molecule has 124 valence electrons. The van der Waals surface area contributed by atoms with E-state index in [2.05, 4.69) is 5.10 Å². The van der Waals surface area contributed by atoms with Gasteiger partial charge >= 0.3 is 5.97 Å². The van der Waals surface area contributed by atoms with Crippen LogP contribution in [0.15, 0.2) is 53.4 Å². The second kappa shape index (κ2) is 5.78. The fourth-order valence-corrected chi connectivity index (χ4v) is 4.02. The zero-order valence-corrected chi connectivity index (χ0v) is 13.8. The van der Waals surface area contributed by atoms with Crippen molar-refractivity contribution >= 4 is 23.6 Å². The highest BCUT2D eigenvalue weighted by atomic mass is 32.2. The summed E-state index contributed by atoms with van der Waals surface area (Å²) in [6, 6.07) is 14.5. The number of aromatic carboxylic acids is 1. The van der Waals surface area contributed by atoms with E-state index < -0.39 is 11.9 Å². The van der Waals surface area contributed by atoms with Gasteiger partial charge in [-0.05, 0) is 24.3 Å². The van der Waals surface area contributed by atoms with Crippen LogP contribution in [0, 0.1) is 0 Å². The highest BCUT2D eigenvalue weighted by molar-refractivity contribution is 7.98. The Morgan fingerprint density at radius 3 is 2.72 bits per heavy atom. The number of nitrogens with zero attached hydrogens (tertiary/aromatic N) is 2. The number of hydrogen-bond acceptors (Lipinski definition) is 4. The molecule has 0 radical (unpaired) electrons. The Morgan fingerprint density at radius 2 is 1.96 bits per heavy atom. The van der Waals surface area contributed by atoms with Gasteiger partial charge in [0.1, 0.15) is 0 Å². The van der Waals surface area contributed by atoms with Crippen molar-refractivity contribution in [2.24, 2.45) is 5.73 Å². The van der Waals surface area contributed by atoms with Crippen molar-refractivity contribution in [1.29, 1.82) is 0 Å². The predicted molar refractivity (Wildman–Crippen MR) is 94.0 cm³/mol. The molecule has 3 aromatic rings. The van der Waals surface area contributed by atoms with E-state index in [9.17, 15) is 14.7 Å². The molecule has 1 aromatic heterocycles. The summed E-state index contributed by atoms with van der Waals surface area (Å²) in [5.41, 5.74) is 8.69. The Balaban J connectivity index is 2.01. The van der Waals surface area contributed by atoms with Gasteiger partial charge in [0.05, 0.1) is 11.4 Å². The number of fused-ring (bicyclic) bond motifs is 3. The van der Waals surface area contributed by atoms with Crippen LogP contribution in [0.2, 0.25) is 0 Å². The first-order chi connectivity index (χ1) is 12.1. The van der Waals surface area contributed by atoms with Crippen LogP contribution in [0.5, 0.6) is 0 Å². The summed E-state index contributed by atoms with van der Waals surface area (Å²) in [7, 11) is 0. The molecular formula is C18H13N3O3S. The van der Waals surface area contributed by atoms with Gasteiger partial charge in [0.2, 0.25) is 5.91 Å². The minimum Gasteiger partial charge on any atom is -0.476 e. The van der Waals surface area contributed by atoms with E-state index in [0.29, 0.717) is 22.6 Å². The molecule has 1 aliphatic rings. The van der Waals surface area contributed by atoms with Crippen LogP contribution in [-0.4, -0.2) is 26.8 Å². The Labute approximate surface area is 147 Å². The SMILES string of the molecule is NC(=O)c1cccc(-n2nc(C(=O)O)c3c2-c2ccccc2SC3)c1. The third-order valence-electron chi connectivity index (χ3n) is 4.08. The quantitative estimate of drug-likeness (QED) is 0.756. The second-order valence-electron chi connectivity index (χ2n) is 5.59. The Morgan fingerprint density at radius 1 is 1.16 bits per heavy atom. The highest BCUT2D eigenvalue weighted by Crippen LogP contribution is 2.43. The lowest BCUT2D eigenvalue weighted by molar-refractivity contribution is 0.0689. The number of primary amides is 1. The maximum absolute atomic E-state index is 11.6. The molecule has 6 nitrogen and oxygen atoms in total. The van der Waals surface area contributed by atoms with Crippen molar-refractivity contribution in [3.8, 4) is 16.9 Å². The van der Waals surface area contributed by atoms with Crippen molar-refractivity contribution in [3.63, 3.8) is 0 Å². The summed E-state index contributed by atoms with van der Waals surface area (Å²) in [6.45, 7) is 0. The number of carboxylic acids is 1. The van der Waals surface area contributed by atoms with Gasteiger partial charge in [-0.2, -0.15) is 5.10 Å². The van der Waals surface area contributed by atoms with Crippen LogP contribution in [0.4, 0.5) is 0 Å². The fourth-order valence-electron chi connectivity index (χ4n) is 2.95. The van der Waals surface area contributed by atoms with Gasteiger partial charge in [0.25, 0.3) is 0 Å². The molecule has 0 aliphatic carbocycles. The Hall–Kier alpha value is -3.06. The second-order valence-corrected chi connectivity index (χ2v) is 6.61. The van der Waals surface area contributed by atoms with Gasteiger partial charge in [0, 0.05) is 27.3 Å². The van der Waals surface area contributed by atoms with Crippen LogP contribution >= 0.6 is 11.8 Å². The minimum absolute atomic E-state index is 0.0291. The number of carboxylic acid groups (broad SMARTS) is 1. The minimum atomic E-state index is -1.07. The zero-order valence-electron chi connectivity index (χ0n) is 13.0. The summed E-state index contributed by atoms with van der Waals surface area (Å²) in [5.74, 6) is -1.08. The highest BCUT2D eigenvalue weighted by Gasteiger charge is 2.29. The van der Waals surface area contributed by atoms with Gasteiger partial charge in [-0.25, -0.2) is 9.48 Å². The predicted octanol–water partition coefficient (Wildman–Crippen LogP) is 2.94. The van der Waals surface area contributed by atoms with E-state index in [4.69, 9.17) is 5.73 Å². The molecular weight excluding hydrogens is 338 g/mol. The summed E-state index contributed by atoms with van der Waals surface area (Å²) in [4.78, 5) is 24.2. The number of amides is 1. The molecule has 25 heavy (non-hydrogen) atoms. The topological polar surface area (TPSA) is 98.2 Å². The largest absolute Gasteiger partial charge is 0.476 e. The summed E-state index contributed by atoms with van der Waals surface area (Å²) >= 11 is 1.59. The Bertz CT molecular complexity index is 1030. The maximum Gasteiger partial charge on any atom is 0.356 e. The molecule has 2 aromatic carbocycles. The molecule has 0 saturated carbocycles. The lowest BCUT2D eigenvalue weighted by Gasteiger charge is -2.18. The molecule has 1 amide bonds. The number of hydrogen-bond donors (Lipinski definition) is 2. The van der Waals surface area contributed by atoms with Crippen LogP contribution in [0.25, 0.3) is 16.9 Å². The third kappa shape index (κ3) is 2.49. The zero-order chi connectivity index (χ0) is 17.6. The van der Waals surface area contributed by atoms with Crippen molar-refractivity contribution in [3.05, 3.63) is 65.4 Å². The smallest absolute Gasteiger partial charge is 0.356 e. The number of rotatable bonds is 3. The summed E-state index contributed by atoms with van der Waals surface area (Å²) in [6.07, 6.45) is 0. The maximum atomic E-state index is 11.6. The van der Waals surface area contributed by atoms with Gasteiger partial charge in [-0.15, -0.1) is 11.8 Å². The molecule has 0 unspecified atom stereocenters. The fraction of sp³-hybridized carbons (Fsp3) is 0.0556. The van der Waals surface area contributed by atoms with Gasteiger partial charge in [-0.1, -0.05) is 24.3 Å². The number of carbonyl (C=O) groups is 2. The number of benzene rings is 2. The van der Waals surface area contributed by atoms with E-state index in [1.165, 1.54) is 0 Å². The van der Waals surface area contributed by atoms with E-state index in [0.717, 1.165) is 16.2 Å². The number of nitrogens with two attached hydrogens (primary N) is 1. The van der Waals surface area contributed by atoms with E-state index >= 15 is 0 Å². The standard InChI is InChI=1S/C18H13N3O3S/c19-17(22)10-4-3-5-11(8-10)21-16-12-6-1-2-7-14(12)25-9-13(16)15(20-21)18(23)24/h1-8H,9H2,(H2,19,22)(H,23,24). The lowest BCUT2D eigenvalue weighted by atomic mass is 10.1. The number of aromatic nitrogens is 2. The van der Waals surface area contributed by atoms with Crippen molar-refractivity contribution < 1.29 is 14.7 Å². The van der Waals surface area contributed by atoms with E-state index in [1.54, 1.807) is 40.7 Å². The molecule has 7 heteroatoms. The molecule has 1 aliphatic heterocycles. The van der Waals surface area contributed by atoms with Crippen molar-refractivity contribution in [2.75, 3.05) is 0 Å². The average Bonchev–Trinajstić information content (AvgIpc) is 3.02. The molecule has 0 saturated heterocycles. The summed E-state index contributed by atoms with van der Waals surface area (Å²) < 4.78 is 1.59. The summed E-state index contributed by atoms with van der Waals surface area (Å²) in [5, 5.41) is 13.8. The van der Waals surface area contributed by atoms with Crippen LogP contribution < -0.4 is 5.73 Å². The average molecular weight is 351 g/mol. The normalized spacial score (nSPS) is 12.3. The third-order valence-corrected chi connectivity index (χ3v) is 5.18. The van der Waals surface area contributed by atoms with Gasteiger partial charge < -0.3 is 10.8 Å². The van der Waals surface area contributed by atoms with Gasteiger partial charge in [-0.3, -0.25) is 4.79 Å².